The minimum atomic E-state index is -4.40. The normalized spacial score (nSPS) is 20.1. The van der Waals surface area contributed by atoms with E-state index in [1.54, 1.807) is 32.0 Å². The number of fused-ring (bicyclic) bond motifs is 1. The number of nitrogens with one attached hydrogen (secondary N) is 1. The summed E-state index contributed by atoms with van der Waals surface area (Å²) in [6.45, 7) is -2.35. The lowest BCUT2D eigenvalue weighted by molar-refractivity contribution is -0.149. The van der Waals surface area contributed by atoms with Gasteiger partial charge in [0.15, 0.2) is 11.5 Å². The Morgan fingerprint density at radius 3 is 2.79 bits per heavy atom. The minimum absolute atomic E-state index is 0.0556. The molecule has 0 spiro atoms. The van der Waals surface area contributed by atoms with E-state index in [2.05, 4.69) is 20.0 Å². The van der Waals surface area contributed by atoms with Crippen LogP contribution in [0.1, 0.15) is 37.2 Å². The molecule has 3 atom stereocenters. The van der Waals surface area contributed by atoms with E-state index in [4.69, 9.17) is 29.3 Å². The van der Waals surface area contributed by atoms with Crippen LogP contribution in [-0.2, 0) is 25.3 Å². The topological polar surface area (TPSA) is 143 Å². The van der Waals surface area contributed by atoms with E-state index in [9.17, 15) is 9.36 Å². The van der Waals surface area contributed by atoms with Crippen molar-refractivity contribution < 1.29 is 33.0 Å². The molecule has 1 aromatic carbocycles. The second-order valence-electron chi connectivity index (χ2n) is 7.11. The van der Waals surface area contributed by atoms with Crippen LogP contribution in [-0.4, -0.2) is 50.1 Å². The number of hydrogen-bond acceptors (Lipinski definition) is 9. The number of imidazole rings is 1. The second kappa shape index (κ2) is 10.7. The third-order valence-electron chi connectivity index (χ3n) is 3.99. The maximum absolute atomic E-state index is 13.9. The predicted octanol–water partition coefficient (Wildman–Crippen LogP) is 2.97. The minimum Gasteiger partial charge on any atom is -0.462 e. The van der Waals surface area contributed by atoms with Crippen LogP contribution >= 0.6 is 7.52 Å². The zero-order valence-electron chi connectivity index (χ0n) is 25.2. The molecule has 11 nitrogen and oxygen atoms in total. The highest BCUT2D eigenvalue weighted by molar-refractivity contribution is 7.57. The molecule has 1 unspecified atom stereocenters. The fraction of sp³-hybridized carbons (Fsp3) is 0.429. The standard InChI is InChI=1S/C21H29N6O5P/c1-14(2)31-21(28)16(4)26-33(29,32-17-8-6-5-7-9-17)13-30-15(3)10-27-12-25-18-19(22)23-11-24-20(18)27/h5-9,11-12,14-16H,10,13H2,1-4H3,(H,26,29)(H2,22,23,24)/t15?,16-,33-/m0/s1/i3D3,10D2,12D,15D. The van der Waals surface area contributed by atoms with Crippen LogP contribution in [0.25, 0.3) is 11.2 Å². The van der Waals surface area contributed by atoms with Crippen LogP contribution in [0.5, 0.6) is 5.75 Å². The van der Waals surface area contributed by atoms with Gasteiger partial charge in [0.25, 0.3) is 0 Å². The van der Waals surface area contributed by atoms with E-state index in [0.29, 0.717) is 4.57 Å². The molecule has 2 aromatic heterocycles. The van der Waals surface area contributed by atoms with E-state index in [0.717, 1.165) is 6.33 Å². The van der Waals surface area contributed by atoms with Crippen molar-refractivity contribution in [2.45, 2.75) is 52.3 Å². The van der Waals surface area contributed by atoms with Crippen LogP contribution < -0.4 is 15.3 Å². The molecule has 0 aliphatic carbocycles. The third kappa shape index (κ3) is 6.74. The van der Waals surface area contributed by atoms with Gasteiger partial charge in [0.1, 0.15) is 31.4 Å². The molecule has 0 saturated carbocycles. The summed E-state index contributed by atoms with van der Waals surface area (Å²) >= 11 is 0. The molecule has 0 bridgehead atoms. The molecule has 2 heterocycles. The molecule has 3 N–H and O–H groups in total. The highest BCUT2D eigenvalue weighted by Crippen LogP contribution is 2.44. The van der Waals surface area contributed by atoms with Gasteiger partial charge in [-0.3, -0.25) is 9.36 Å². The SMILES string of the molecule is [2H]c1nc2c(N)ncnc2n1C([2H])([2H])C([2H])(OC[P@@](=O)(N[C@@H](C)C(=O)OC(C)C)Oc1ccccc1)C([2H])([2H])[2H]. The summed E-state index contributed by atoms with van der Waals surface area (Å²) in [6.07, 6.45) is -5.05. The van der Waals surface area contributed by atoms with Gasteiger partial charge < -0.3 is 24.3 Å². The summed E-state index contributed by atoms with van der Waals surface area (Å²) in [4.78, 5) is 23.8. The first-order chi connectivity index (χ1) is 18.4. The number of aromatic nitrogens is 4. The van der Waals surface area contributed by atoms with Crippen LogP contribution in [0, 0.1) is 0 Å². The number of ether oxygens (including phenoxy) is 2. The van der Waals surface area contributed by atoms with E-state index in [-0.39, 0.29) is 22.7 Å². The molecule has 0 amide bonds. The fourth-order valence-electron chi connectivity index (χ4n) is 2.59. The average Bonchev–Trinajstić information content (AvgIpc) is 3.19. The van der Waals surface area contributed by atoms with Crippen molar-refractivity contribution >= 4 is 30.5 Å². The van der Waals surface area contributed by atoms with Gasteiger partial charge in [-0.2, -0.15) is 0 Å². The number of hydrogen-bond donors (Lipinski definition) is 2. The highest BCUT2D eigenvalue weighted by Gasteiger charge is 2.32. The number of anilines is 1. The smallest absolute Gasteiger partial charge is 0.342 e. The van der Waals surface area contributed by atoms with Gasteiger partial charge in [0.05, 0.1) is 29.1 Å². The Balaban J connectivity index is 2.04. The van der Waals surface area contributed by atoms with Crippen molar-refractivity contribution in [1.82, 2.24) is 24.6 Å². The number of carbonyl (C=O) groups is 1. The average molecular weight is 484 g/mol. The van der Waals surface area contributed by atoms with Crippen LogP contribution in [0.3, 0.4) is 0 Å². The van der Waals surface area contributed by atoms with Gasteiger partial charge in [-0.1, -0.05) is 18.2 Å². The fourth-order valence-corrected chi connectivity index (χ4v) is 4.22. The Labute approximate surface area is 202 Å². The molecule has 178 valence electrons. The second-order valence-corrected chi connectivity index (χ2v) is 9.15. The zero-order valence-corrected chi connectivity index (χ0v) is 19.1. The Hall–Kier alpha value is -3.01. The van der Waals surface area contributed by atoms with Crippen LogP contribution in [0.2, 0.25) is 0 Å². The van der Waals surface area contributed by atoms with E-state index in [1.165, 1.54) is 19.1 Å². The first-order valence-corrected chi connectivity index (χ1v) is 11.6. The molecule has 3 rings (SSSR count). The first kappa shape index (κ1) is 16.6. The molecule has 3 aromatic rings. The van der Waals surface area contributed by atoms with Gasteiger partial charge in [0, 0.05) is 4.11 Å². The summed E-state index contributed by atoms with van der Waals surface area (Å²) in [5.74, 6) is -0.943. The van der Waals surface area contributed by atoms with Gasteiger partial charge >= 0.3 is 13.5 Å². The van der Waals surface area contributed by atoms with Crippen molar-refractivity contribution in [2.75, 3.05) is 12.1 Å². The van der Waals surface area contributed by atoms with Gasteiger partial charge in [-0.25, -0.2) is 20.0 Å². The van der Waals surface area contributed by atoms with E-state index < -0.39 is 57.7 Å². The number of nitrogen functional groups attached to an aromatic ring is 1. The summed E-state index contributed by atoms with van der Waals surface area (Å²) in [5.41, 5.74) is 5.19. The number of nitrogens with zero attached hydrogens (tertiary/aromatic N) is 4. The maximum atomic E-state index is 13.9. The molecule has 0 aliphatic heterocycles. The Bertz CT molecular complexity index is 1410. The van der Waals surface area contributed by atoms with E-state index >= 15 is 0 Å². The van der Waals surface area contributed by atoms with Gasteiger partial charge in [-0.05, 0) is 39.8 Å². The molecule has 0 aliphatic rings. The van der Waals surface area contributed by atoms with Crippen molar-refractivity contribution in [2.24, 2.45) is 0 Å². The predicted molar refractivity (Wildman–Crippen MR) is 124 cm³/mol. The monoisotopic (exact) mass is 483 g/mol. The highest BCUT2D eigenvalue weighted by atomic mass is 31.2. The number of carbonyl (C=O) groups excluding carboxylic acids is 1. The van der Waals surface area contributed by atoms with Crippen LogP contribution in [0.15, 0.2) is 43.0 Å². The number of benzene rings is 1. The zero-order chi connectivity index (χ0) is 30.1. The summed E-state index contributed by atoms with van der Waals surface area (Å²) in [7, 11) is -4.40. The van der Waals surface area contributed by atoms with E-state index in [1.807, 2.05) is 0 Å². The molecular weight excluding hydrogens is 447 g/mol. The Kier molecular flexibility index (Phi) is 5.39. The summed E-state index contributed by atoms with van der Waals surface area (Å²) in [6, 6.07) is 6.45. The number of nitrogens with two attached hydrogens (primary N) is 1. The van der Waals surface area contributed by atoms with Crippen molar-refractivity contribution in [1.29, 1.82) is 0 Å². The number of rotatable bonds is 11. The third-order valence-corrected chi connectivity index (χ3v) is 5.74. The lowest BCUT2D eigenvalue weighted by Gasteiger charge is -2.25. The van der Waals surface area contributed by atoms with Gasteiger partial charge in [-0.15, -0.1) is 0 Å². The largest absolute Gasteiger partial charge is 0.462 e. The Morgan fingerprint density at radius 1 is 1.33 bits per heavy atom. The lowest BCUT2D eigenvalue weighted by Crippen LogP contribution is -2.37. The molecular formula is C21H29N6O5P. The van der Waals surface area contributed by atoms with Crippen LogP contribution in [0.4, 0.5) is 5.82 Å². The van der Waals surface area contributed by atoms with Crippen molar-refractivity contribution in [3.8, 4) is 5.75 Å². The molecule has 12 heteroatoms. The summed E-state index contributed by atoms with van der Waals surface area (Å²) in [5, 5.41) is 2.46. The maximum Gasteiger partial charge on any atom is 0.342 e. The quantitative estimate of drug-likeness (QED) is 0.308. The lowest BCUT2D eigenvalue weighted by atomic mass is 10.3. The van der Waals surface area contributed by atoms with Crippen molar-refractivity contribution in [3.05, 3.63) is 43.0 Å². The molecule has 33 heavy (non-hydrogen) atoms. The van der Waals surface area contributed by atoms with Crippen molar-refractivity contribution in [3.63, 3.8) is 0 Å². The summed E-state index contributed by atoms with van der Waals surface area (Å²) < 4.78 is 88.6. The first-order valence-electron chi connectivity index (χ1n) is 13.3. The Morgan fingerprint density at radius 2 is 2.09 bits per heavy atom. The molecule has 0 saturated heterocycles. The number of para-hydroxylation sites is 1. The molecule has 0 radical (unpaired) electrons. The molecule has 0 fully saturated rings. The number of esters is 1. The van der Waals surface area contributed by atoms with Gasteiger partial charge in [0.2, 0.25) is 0 Å².